The molecule has 0 N–H and O–H groups in total. The van der Waals surface area contributed by atoms with E-state index in [0.717, 1.165) is 12.8 Å². The van der Waals surface area contributed by atoms with E-state index in [1.807, 2.05) is 0 Å². The summed E-state index contributed by atoms with van der Waals surface area (Å²) in [5, 5.41) is 35.4. The molecular formula is C16H32BBiO5. The van der Waals surface area contributed by atoms with Crippen molar-refractivity contribution in [3.63, 3.8) is 0 Å². The van der Waals surface area contributed by atoms with Crippen molar-refractivity contribution in [3.8, 4) is 0 Å². The number of unbranched alkanes of at least 4 members (excludes halogenated alkanes) is 12. The molecule has 0 radical (unpaired) electrons. The van der Waals surface area contributed by atoms with Crippen LogP contribution in [0, 0.1) is 0 Å². The van der Waals surface area contributed by atoms with Crippen molar-refractivity contribution >= 4 is 39.5 Å². The zero-order chi connectivity index (χ0) is 17.1. The molecule has 0 amide bonds. The Morgan fingerprint density at radius 3 is 1.22 bits per heavy atom. The Labute approximate surface area is 161 Å². The van der Waals surface area contributed by atoms with Gasteiger partial charge in [-0.25, -0.2) is 0 Å². The zero-order valence-corrected chi connectivity index (χ0v) is 18.4. The molecule has 0 aromatic rings. The van der Waals surface area contributed by atoms with Crippen molar-refractivity contribution in [1.29, 1.82) is 0 Å². The Kier molecular flexibility index (Phi) is 30.0. The van der Waals surface area contributed by atoms with Gasteiger partial charge in [-0.05, 0) is 12.8 Å². The summed E-state index contributed by atoms with van der Waals surface area (Å²) in [6.07, 6.45) is 16.9. The largest absolute Gasteiger partial charge is 0.907 e. The minimum absolute atomic E-state index is 0. The Bertz CT molecular complexity index is 228. The number of hydrogen-bond donors (Lipinski definition) is 0. The smallest absolute Gasteiger partial charge is 0.278 e. The quantitative estimate of drug-likeness (QED) is 0.228. The van der Waals surface area contributed by atoms with Crippen molar-refractivity contribution in [3.05, 3.63) is 0 Å². The van der Waals surface area contributed by atoms with Gasteiger partial charge in [-0.1, -0.05) is 84.0 Å². The van der Waals surface area contributed by atoms with Crippen LogP contribution in [-0.2, 0) is 4.79 Å². The molecule has 0 aromatic heterocycles. The standard InChI is InChI=1S/C16H32O2.BO3.Bi.H/c1-2-3-4-5-6-7-8-9-10-11-12-13-14-15-16(17)18;2-1(3)4;;/h2-15H2,1H3,(H,17,18);;;/q;-3;+4;/p-1. The van der Waals surface area contributed by atoms with Gasteiger partial charge in [0.25, 0.3) is 0 Å². The predicted molar refractivity (Wildman–Crippen MR) is 88.2 cm³/mol. The minimum Gasteiger partial charge on any atom is -0.907 e. The normalized spacial score (nSPS) is 9.57. The van der Waals surface area contributed by atoms with E-state index in [1.54, 1.807) is 0 Å². The van der Waals surface area contributed by atoms with Crippen molar-refractivity contribution in [2.45, 2.75) is 96.8 Å². The Hall–Kier alpha value is 0.298. The number of carboxylic acids is 1. The van der Waals surface area contributed by atoms with Crippen molar-refractivity contribution < 1.29 is 25.0 Å². The van der Waals surface area contributed by atoms with Gasteiger partial charge in [0.15, 0.2) is 0 Å². The molecule has 0 unspecified atom stereocenters. The first-order chi connectivity index (χ1) is 10.5. The van der Waals surface area contributed by atoms with Crippen LogP contribution < -0.4 is 20.2 Å². The van der Waals surface area contributed by atoms with Gasteiger partial charge in [0, 0.05) is 5.97 Å². The van der Waals surface area contributed by atoms with Gasteiger partial charge in [-0.3, -0.25) is 7.32 Å². The number of carboxylic acid groups (broad SMARTS) is 1. The first kappa shape index (κ1) is 28.1. The summed E-state index contributed by atoms with van der Waals surface area (Å²) in [4.78, 5) is 10.2. The molecule has 0 bridgehead atoms. The summed E-state index contributed by atoms with van der Waals surface area (Å²) in [5.74, 6) is -0.905. The van der Waals surface area contributed by atoms with Crippen molar-refractivity contribution in [2.24, 2.45) is 0 Å². The maximum Gasteiger partial charge on any atom is -0.278 e. The third-order valence-electron chi connectivity index (χ3n) is 3.48. The number of carbonyl (C=O) groups is 1. The van der Waals surface area contributed by atoms with Gasteiger partial charge < -0.3 is 25.0 Å². The molecular weight excluding hydrogens is 492 g/mol. The Morgan fingerprint density at radius 2 is 0.957 bits per heavy atom. The second-order valence-electron chi connectivity index (χ2n) is 5.65. The summed E-state index contributed by atoms with van der Waals surface area (Å²) < 4.78 is 0. The topological polar surface area (TPSA) is 109 Å². The molecule has 7 heteroatoms. The van der Waals surface area contributed by atoms with Crippen LogP contribution in [0.4, 0.5) is 0 Å². The molecule has 0 rings (SSSR count). The Morgan fingerprint density at radius 1 is 0.696 bits per heavy atom. The van der Waals surface area contributed by atoms with Crippen LogP contribution in [0.25, 0.3) is 0 Å². The van der Waals surface area contributed by atoms with E-state index in [0.29, 0.717) is 0 Å². The van der Waals surface area contributed by atoms with Crippen LogP contribution in [0.5, 0.6) is 0 Å². The van der Waals surface area contributed by atoms with Gasteiger partial charge in [0.2, 0.25) is 0 Å². The molecule has 23 heavy (non-hydrogen) atoms. The van der Waals surface area contributed by atoms with Gasteiger partial charge in [-0.15, -0.1) is 0 Å². The Balaban J connectivity index is -0.000000712. The molecule has 0 aliphatic heterocycles. The van der Waals surface area contributed by atoms with Crippen molar-refractivity contribution in [1.82, 2.24) is 0 Å². The van der Waals surface area contributed by atoms with E-state index in [9.17, 15) is 9.90 Å². The molecule has 0 saturated heterocycles. The van der Waals surface area contributed by atoms with Crippen LogP contribution in [0.1, 0.15) is 96.8 Å². The summed E-state index contributed by atoms with van der Waals surface area (Å²) in [6, 6.07) is 0. The zero-order valence-electron chi connectivity index (χ0n) is 14.5. The molecule has 0 saturated carbocycles. The summed E-state index contributed by atoms with van der Waals surface area (Å²) in [5.41, 5.74) is 0. The first-order valence-electron chi connectivity index (χ1n) is 8.68. The van der Waals surface area contributed by atoms with Crippen molar-refractivity contribution in [2.75, 3.05) is 0 Å². The van der Waals surface area contributed by atoms with E-state index >= 15 is 0 Å². The third-order valence-corrected chi connectivity index (χ3v) is 3.48. The summed E-state index contributed by atoms with van der Waals surface area (Å²) in [6.45, 7) is 2.26. The second kappa shape index (κ2) is 24.5. The SMILES string of the molecule is CCCCCCCCCCCCCCCC(=O)[O-].[BiH+4].[O-]B([O-])[O-]. The van der Waals surface area contributed by atoms with Gasteiger partial charge >= 0.3 is 26.2 Å². The van der Waals surface area contributed by atoms with Gasteiger partial charge in [0.1, 0.15) is 0 Å². The third kappa shape index (κ3) is 39.3. The van der Waals surface area contributed by atoms with Crippen LogP contribution >= 0.6 is 0 Å². The number of hydrogen-bond acceptors (Lipinski definition) is 5. The second-order valence-corrected chi connectivity index (χ2v) is 5.65. The van der Waals surface area contributed by atoms with E-state index in [1.165, 1.54) is 70.6 Å². The molecule has 0 aliphatic rings. The average molecular weight is 524 g/mol. The number of aliphatic carboxylic acids is 1. The molecule has 0 heterocycles. The molecule has 0 aliphatic carbocycles. The summed E-state index contributed by atoms with van der Waals surface area (Å²) >= 11 is 0. The monoisotopic (exact) mass is 524 g/mol. The maximum absolute atomic E-state index is 10.2. The fourth-order valence-corrected chi connectivity index (χ4v) is 2.29. The number of carbonyl (C=O) groups excluding carboxylic acids is 1. The fourth-order valence-electron chi connectivity index (χ4n) is 2.29. The van der Waals surface area contributed by atoms with Gasteiger partial charge in [0.05, 0.1) is 0 Å². The van der Waals surface area contributed by atoms with Crippen LogP contribution in [0.15, 0.2) is 0 Å². The molecule has 134 valence electrons. The minimum atomic E-state index is -2.92. The van der Waals surface area contributed by atoms with Crippen LogP contribution in [0.2, 0.25) is 0 Å². The number of rotatable bonds is 14. The summed E-state index contributed by atoms with van der Waals surface area (Å²) in [7, 11) is -2.92. The van der Waals surface area contributed by atoms with E-state index in [4.69, 9.17) is 15.1 Å². The van der Waals surface area contributed by atoms with E-state index < -0.39 is 13.3 Å². The molecule has 5 nitrogen and oxygen atoms in total. The molecule has 0 fully saturated rings. The maximum atomic E-state index is 10.2. The molecule has 0 aromatic carbocycles. The van der Waals surface area contributed by atoms with Crippen LogP contribution in [0.3, 0.4) is 0 Å². The predicted octanol–water partition coefficient (Wildman–Crippen LogP) is -0.379. The van der Waals surface area contributed by atoms with Crippen LogP contribution in [-0.4, -0.2) is 39.5 Å². The van der Waals surface area contributed by atoms with Gasteiger partial charge in [-0.2, -0.15) is 0 Å². The van der Waals surface area contributed by atoms with E-state index in [-0.39, 0.29) is 32.6 Å². The fraction of sp³-hybridized carbons (Fsp3) is 0.938. The van der Waals surface area contributed by atoms with E-state index in [2.05, 4.69) is 6.92 Å². The molecule has 0 atom stereocenters. The molecule has 0 spiro atoms. The first-order valence-corrected chi connectivity index (χ1v) is 8.68. The average Bonchev–Trinajstić information content (AvgIpc) is 2.43.